The first-order valence-electron chi connectivity index (χ1n) is 5.49. The minimum Gasteiger partial charge on any atom is -0.312 e. The lowest BCUT2D eigenvalue weighted by Gasteiger charge is -2.12. The molecule has 0 radical (unpaired) electrons. The van der Waals surface area contributed by atoms with Crippen molar-refractivity contribution in [1.82, 2.24) is 15.5 Å². The third kappa shape index (κ3) is 1.63. The first-order chi connectivity index (χ1) is 8.27. The van der Waals surface area contributed by atoms with E-state index in [1.165, 1.54) is 0 Å². The highest BCUT2D eigenvalue weighted by Crippen LogP contribution is 2.26. The molecule has 0 saturated heterocycles. The molecular weight excluding hydrogens is 224 g/mol. The normalized spacial score (nSPS) is 16.2. The molecule has 17 heavy (non-hydrogen) atoms. The average molecular weight is 235 g/mol. The van der Waals surface area contributed by atoms with Gasteiger partial charge in [0.05, 0.1) is 5.69 Å². The molecule has 0 atom stereocenters. The number of rotatable bonds is 1. The zero-order valence-corrected chi connectivity index (χ0v) is 9.06. The third-order valence-electron chi connectivity index (χ3n) is 2.96. The summed E-state index contributed by atoms with van der Waals surface area (Å²) in [6.45, 7) is 1.65. The molecule has 0 spiro atoms. The van der Waals surface area contributed by atoms with Crippen LogP contribution >= 0.6 is 0 Å². The smallest absolute Gasteiger partial charge is 0.184 e. The van der Waals surface area contributed by atoms with E-state index in [-0.39, 0.29) is 5.52 Å². The van der Waals surface area contributed by atoms with E-state index in [2.05, 4.69) is 21.6 Å². The van der Waals surface area contributed by atoms with Gasteiger partial charge in [-0.25, -0.2) is 8.78 Å². The van der Waals surface area contributed by atoms with Crippen molar-refractivity contribution in [2.45, 2.75) is 6.42 Å². The second-order valence-electron chi connectivity index (χ2n) is 4.05. The molecule has 1 aliphatic heterocycles. The Balaban J connectivity index is 2.18. The summed E-state index contributed by atoms with van der Waals surface area (Å²) in [6.07, 6.45) is 3.00. The Bertz CT molecular complexity index is 601. The number of hydrogen-bond acceptors (Lipinski definition) is 2. The average Bonchev–Trinajstić information content (AvgIpc) is 2.79. The lowest BCUT2D eigenvalue weighted by molar-refractivity contribution is 0.515. The van der Waals surface area contributed by atoms with Crippen LogP contribution in [0, 0.1) is 11.6 Å². The Morgan fingerprint density at radius 3 is 2.88 bits per heavy atom. The monoisotopic (exact) mass is 235 g/mol. The van der Waals surface area contributed by atoms with Crippen LogP contribution in [0.15, 0.2) is 18.2 Å². The third-order valence-corrected chi connectivity index (χ3v) is 2.96. The largest absolute Gasteiger partial charge is 0.312 e. The summed E-state index contributed by atoms with van der Waals surface area (Å²) in [6, 6.07) is 2.69. The SMILES string of the molecule is Fc1ccc2c(C3=CCCNC3)n[nH]c2c1F. The molecule has 2 aromatic rings. The summed E-state index contributed by atoms with van der Waals surface area (Å²) in [4.78, 5) is 0. The molecule has 0 bridgehead atoms. The van der Waals surface area contributed by atoms with Crippen molar-refractivity contribution in [3.05, 3.63) is 35.5 Å². The van der Waals surface area contributed by atoms with Crippen LogP contribution in [-0.4, -0.2) is 23.3 Å². The van der Waals surface area contributed by atoms with E-state index in [1.807, 2.05) is 0 Å². The maximum Gasteiger partial charge on any atom is 0.184 e. The highest BCUT2D eigenvalue weighted by Gasteiger charge is 2.16. The standard InChI is InChI=1S/C12H11F2N3/c13-9-4-3-8-11(7-2-1-5-15-6-7)16-17-12(8)10(9)14/h2-4,15H,1,5-6H2,(H,16,17). The molecule has 0 saturated carbocycles. The molecule has 3 rings (SSSR count). The highest BCUT2D eigenvalue weighted by molar-refractivity contribution is 5.91. The van der Waals surface area contributed by atoms with Gasteiger partial charge in [-0.15, -0.1) is 0 Å². The van der Waals surface area contributed by atoms with E-state index >= 15 is 0 Å². The van der Waals surface area contributed by atoms with Gasteiger partial charge in [-0.05, 0) is 30.7 Å². The van der Waals surface area contributed by atoms with Gasteiger partial charge in [0.25, 0.3) is 0 Å². The number of halogens is 2. The van der Waals surface area contributed by atoms with Gasteiger partial charge >= 0.3 is 0 Å². The number of H-pyrrole nitrogens is 1. The number of aromatic nitrogens is 2. The second kappa shape index (κ2) is 3.92. The van der Waals surface area contributed by atoms with E-state index < -0.39 is 11.6 Å². The van der Waals surface area contributed by atoms with Crippen molar-refractivity contribution >= 4 is 16.5 Å². The molecule has 0 fully saturated rings. The van der Waals surface area contributed by atoms with Crippen molar-refractivity contribution in [2.75, 3.05) is 13.1 Å². The van der Waals surface area contributed by atoms with E-state index in [0.717, 1.165) is 24.6 Å². The molecule has 88 valence electrons. The van der Waals surface area contributed by atoms with Crippen LogP contribution in [0.5, 0.6) is 0 Å². The van der Waals surface area contributed by atoms with Crippen LogP contribution < -0.4 is 5.32 Å². The Labute approximate surface area is 96.5 Å². The van der Waals surface area contributed by atoms with Crippen LogP contribution in [-0.2, 0) is 0 Å². The maximum atomic E-state index is 13.5. The van der Waals surface area contributed by atoms with Gasteiger partial charge in [-0.1, -0.05) is 6.08 Å². The lowest BCUT2D eigenvalue weighted by atomic mass is 10.0. The van der Waals surface area contributed by atoms with E-state index in [1.54, 1.807) is 6.07 Å². The second-order valence-corrected chi connectivity index (χ2v) is 4.05. The van der Waals surface area contributed by atoms with E-state index in [9.17, 15) is 8.78 Å². The summed E-state index contributed by atoms with van der Waals surface area (Å²) in [5.74, 6) is -1.73. The van der Waals surface area contributed by atoms with Crippen LogP contribution in [0.3, 0.4) is 0 Å². The molecule has 1 aromatic carbocycles. The highest BCUT2D eigenvalue weighted by atomic mass is 19.2. The van der Waals surface area contributed by atoms with Crippen LogP contribution in [0.2, 0.25) is 0 Å². The Kier molecular flexibility index (Phi) is 2.40. The van der Waals surface area contributed by atoms with Gasteiger partial charge < -0.3 is 5.32 Å². The van der Waals surface area contributed by atoms with E-state index in [4.69, 9.17) is 0 Å². The fourth-order valence-corrected chi connectivity index (χ4v) is 2.10. The van der Waals surface area contributed by atoms with Crippen molar-refractivity contribution in [2.24, 2.45) is 0 Å². The summed E-state index contributed by atoms with van der Waals surface area (Å²) in [7, 11) is 0. The summed E-state index contributed by atoms with van der Waals surface area (Å²) in [5, 5.41) is 10.5. The van der Waals surface area contributed by atoms with Crippen molar-refractivity contribution in [3.63, 3.8) is 0 Å². The first-order valence-corrected chi connectivity index (χ1v) is 5.49. The molecule has 0 amide bonds. The fourth-order valence-electron chi connectivity index (χ4n) is 2.10. The predicted octanol–water partition coefficient (Wildman–Crippen LogP) is 2.22. The van der Waals surface area contributed by atoms with Crippen molar-refractivity contribution in [3.8, 4) is 0 Å². The number of aromatic amines is 1. The van der Waals surface area contributed by atoms with Gasteiger partial charge in [-0.2, -0.15) is 5.10 Å². The van der Waals surface area contributed by atoms with Gasteiger partial charge in [0.2, 0.25) is 0 Å². The summed E-state index contributed by atoms with van der Waals surface area (Å²) in [5.41, 5.74) is 1.85. The van der Waals surface area contributed by atoms with Crippen molar-refractivity contribution < 1.29 is 8.78 Å². The van der Waals surface area contributed by atoms with Crippen LogP contribution in [0.4, 0.5) is 8.78 Å². The van der Waals surface area contributed by atoms with Gasteiger partial charge in [-0.3, -0.25) is 5.10 Å². The minimum absolute atomic E-state index is 0.131. The van der Waals surface area contributed by atoms with Gasteiger partial charge in [0.1, 0.15) is 5.52 Å². The molecule has 0 aliphatic carbocycles. The van der Waals surface area contributed by atoms with E-state index in [0.29, 0.717) is 17.6 Å². The maximum absolute atomic E-state index is 13.5. The zero-order chi connectivity index (χ0) is 11.8. The predicted molar refractivity (Wildman–Crippen MR) is 61.5 cm³/mol. The zero-order valence-electron chi connectivity index (χ0n) is 9.06. The minimum atomic E-state index is -0.870. The molecule has 2 N–H and O–H groups in total. The number of nitrogens with zero attached hydrogens (tertiary/aromatic N) is 1. The fraction of sp³-hybridized carbons (Fsp3) is 0.250. The van der Waals surface area contributed by atoms with Crippen LogP contribution in [0.25, 0.3) is 16.5 Å². The van der Waals surface area contributed by atoms with Gasteiger partial charge in [0.15, 0.2) is 11.6 Å². The number of benzene rings is 1. The molecule has 5 heteroatoms. The number of fused-ring (bicyclic) bond motifs is 1. The molecule has 1 aromatic heterocycles. The Hall–Kier alpha value is -1.75. The molecular formula is C12H11F2N3. The first kappa shape index (κ1) is 10.4. The van der Waals surface area contributed by atoms with Crippen molar-refractivity contribution in [1.29, 1.82) is 0 Å². The topological polar surface area (TPSA) is 40.7 Å². The summed E-state index contributed by atoms with van der Waals surface area (Å²) < 4.78 is 26.5. The Morgan fingerprint density at radius 1 is 1.24 bits per heavy atom. The molecule has 2 heterocycles. The quantitative estimate of drug-likeness (QED) is 0.795. The number of nitrogens with one attached hydrogen (secondary N) is 2. The molecule has 3 nitrogen and oxygen atoms in total. The van der Waals surface area contributed by atoms with Crippen LogP contribution in [0.1, 0.15) is 12.1 Å². The molecule has 1 aliphatic rings. The number of hydrogen-bond donors (Lipinski definition) is 2. The summed E-state index contributed by atoms with van der Waals surface area (Å²) >= 11 is 0. The Morgan fingerprint density at radius 2 is 2.12 bits per heavy atom. The molecule has 0 unspecified atom stereocenters. The lowest BCUT2D eigenvalue weighted by Crippen LogP contribution is -2.21. The van der Waals surface area contributed by atoms with Gasteiger partial charge in [0, 0.05) is 11.9 Å².